The molecule has 1 aromatic carbocycles. The Morgan fingerprint density at radius 2 is 2.10 bits per heavy atom. The van der Waals surface area contributed by atoms with Crippen molar-refractivity contribution in [2.24, 2.45) is 0 Å². The number of aromatic nitrogens is 2. The highest BCUT2D eigenvalue weighted by atomic mass is 32.2. The molecule has 1 aromatic heterocycles. The van der Waals surface area contributed by atoms with Crippen LogP contribution in [0.15, 0.2) is 29.4 Å². The maximum Gasteiger partial charge on any atom is 0.234 e. The van der Waals surface area contributed by atoms with Crippen LogP contribution in [0.4, 0.5) is 15.9 Å². The van der Waals surface area contributed by atoms with Crippen LogP contribution in [0.3, 0.4) is 0 Å². The molecule has 1 heterocycles. The summed E-state index contributed by atoms with van der Waals surface area (Å²) in [7, 11) is 0. The quantitative estimate of drug-likeness (QED) is 0.670. The number of hydrogen-bond donors (Lipinski definition) is 2. The minimum absolute atomic E-state index is 0.123. The maximum atomic E-state index is 13.4. The molecule has 21 heavy (non-hydrogen) atoms. The van der Waals surface area contributed by atoms with Gasteiger partial charge in [-0.3, -0.25) is 4.79 Å². The molecule has 0 radical (unpaired) electrons. The third-order valence-corrected chi connectivity index (χ3v) is 3.49. The molecule has 1 amide bonds. The number of anilines is 2. The molecule has 0 aliphatic heterocycles. The lowest BCUT2D eigenvalue weighted by Gasteiger charge is -2.06. The number of carbonyl (C=O) groups is 1. The standard InChI is InChI=1S/C14H15FN4OS/c1-8-3-4-10(6-11(8)15)18-13(20)7-21-14-17-9(2)5-12(16)19-14/h3-6H,7H2,1-2H3,(H,18,20)(H2,16,17,19). The Morgan fingerprint density at radius 3 is 2.76 bits per heavy atom. The van der Waals surface area contributed by atoms with E-state index in [9.17, 15) is 9.18 Å². The van der Waals surface area contributed by atoms with Gasteiger partial charge >= 0.3 is 0 Å². The van der Waals surface area contributed by atoms with E-state index in [2.05, 4.69) is 15.3 Å². The Kier molecular flexibility index (Phi) is 4.74. The molecule has 0 aliphatic carbocycles. The van der Waals surface area contributed by atoms with E-state index in [0.717, 1.165) is 5.69 Å². The van der Waals surface area contributed by atoms with E-state index in [1.54, 1.807) is 32.0 Å². The van der Waals surface area contributed by atoms with Gasteiger partial charge in [0.1, 0.15) is 11.6 Å². The SMILES string of the molecule is Cc1cc(N)nc(SCC(=O)Nc2ccc(C)c(F)c2)n1. The fraction of sp³-hybridized carbons (Fsp3) is 0.214. The molecule has 0 fully saturated rings. The number of carbonyl (C=O) groups excluding carboxylic acids is 1. The molecule has 5 nitrogen and oxygen atoms in total. The molecule has 0 bridgehead atoms. The van der Waals surface area contributed by atoms with Crippen LogP contribution in [0.25, 0.3) is 0 Å². The zero-order valence-electron chi connectivity index (χ0n) is 11.7. The van der Waals surface area contributed by atoms with Crippen LogP contribution < -0.4 is 11.1 Å². The van der Waals surface area contributed by atoms with Crippen LogP contribution in [-0.2, 0) is 4.79 Å². The number of amides is 1. The van der Waals surface area contributed by atoms with Gasteiger partial charge in [0.2, 0.25) is 5.91 Å². The first-order chi connectivity index (χ1) is 9.94. The van der Waals surface area contributed by atoms with E-state index in [1.807, 2.05) is 0 Å². The molecule has 3 N–H and O–H groups in total. The number of thioether (sulfide) groups is 1. The third kappa shape index (κ3) is 4.42. The normalized spacial score (nSPS) is 10.4. The molecule has 0 saturated carbocycles. The Morgan fingerprint density at radius 1 is 1.33 bits per heavy atom. The molecule has 0 aliphatic rings. The average Bonchev–Trinajstić information content (AvgIpc) is 2.40. The van der Waals surface area contributed by atoms with Gasteiger partial charge in [0, 0.05) is 17.4 Å². The number of nitrogen functional groups attached to an aromatic ring is 1. The lowest BCUT2D eigenvalue weighted by molar-refractivity contribution is -0.113. The number of nitrogens with one attached hydrogen (secondary N) is 1. The monoisotopic (exact) mass is 306 g/mol. The lowest BCUT2D eigenvalue weighted by Crippen LogP contribution is -2.14. The Hall–Kier alpha value is -2.15. The molecule has 7 heteroatoms. The minimum atomic E-state index is -0.352. The molecule has 0 spiro atoms. The highest BCUT2D eigenvalue weighted by Crippen LogP contribution is 2.17. The van der Waals surface area contributed by atoms with E-state index >= 15 is 0 Å². The predicted octanol–water partition coefficient (Wildman–Crippen LogP) is 2.55. The van der Waals surface area contributed by atoms with Crippen LogP contribution in [-0.4, -0.2) is 21.6 Å². The van der Waals surface area contributed by atoms with Crippen LogP contribution in [0.2, 0.25) is 0 Å². The average molecular weight is 306 g/mol. The summed E-state index contributed by atoms with van der Waals surface area (Å²) < 4.78 is 13.4. The molecule has 0 unspecified atom stereocenters. The van der Waals surface area contributed by atoms with Gasteiger partial charge in [0.15, 0.2) is 5.16 Å². The Balaban J connectivity index is 1.94. The second kappa shape index (κ2) is 6.53. The molecular weight excluding hydrogens is 291 g/mol. The summed E-state index contributed by atoms with van der Waals surface area (Å²) >= 11 is 1.18. The second-order valence-electron chi connectivity index (χ2n) is 4.52. The predicted molar refractivity (Wildman–Crippen MR) is 81.7 cm³/mol. The van der Waals surface area contributed by atoms with E-state index in [-0.39, 0.29) is 17.5 Å². The minimum Gasteiger partial charge on any atom is -0.384 e. The number of rotatable bonds is 4. The first kappa shape index (κ1) is 15.2. The van der Waals surface area contributed by atoms with Gasteiger partial charge in [-0.2, -0.15) is 0 Å². The zero-order chi connectivity index (χ0) is 15.4. The summed E-state index contributed by atoms with van der Waals surface area (Å²) in [6.07, 6.45) is 0. The van der Waals surface area contributed by atoms with Crippen molar-refractivity contribution in [2.75, 3.05) is 16.8 Å². The number of benzene rings is 1. The van der Waals surface area contributed by atoms with Crippen molar-refractivity contribution in [3.8, 4) is 0 Å². The van der Waals surface area contributed by atoms with Gasteiger partial charge in [-0.25, -0.2) is 14.4 Å². The molecule has 2 aromatic rings. The van der Waals surface area contributed by atoms with Gasteiger partial charge in [-0.05, 0) is 31.5 Å². The number of halogens is 1. The van der Waals surface area contributed by atoms with Gasteiger partial charge in [-0.15, -0.1) is 0 Å². The summed E-state index contributed by atoms with van der Waals surface area (Å²) in [6, 6.07) is 6.21. The number of nitrogens with zero attached hydrogens (tertiary/aromatic N) is 2. The molecule has 2 rings (SSSR count). The number of nitrogens with two attached hydrogens (primary N) is 1. The summed E-state index contributed by atoms with van der Waals surface area (Å²) in [6.45, 7) is 3.47. The Bertz CT molecular complexity index is 658. The van der Waals surface area contributed by atoms with Crippen LogP contribution in [0, 0.1) is 19.7 Å². The van der Waals surface area contributed by atoms with Crippen molar-refractivity contribution < 1.29 is 9.18 Å². The van der Waals surface area contributed by atoms with E-state index < -0.39 is 0 Å². The van der Waals surface area contributed by atoms with Crippen molar-refractivity contribution in [3.05, 3.63) is 41.3 Å². The molecule has 0 atom stereocenters. The summed E-state index contributed by atoms with van der Waals surface area (Å²) in [5.74, 6) is -0.119. The van der Waals surface area contributed by atoms with Crippen LogP contribution in [0.1, 0.15) is 11.3 Å². The molecule has 0 saturated heterocycles. The highest BCUT2D eigenvalue weighted by Gasteiger charge is 2.08. The maximum absolute atomic E-state index is 13.4. The number of aryl methyl sites for hydroxylation is 2. The van der Waals surface area contributed by atoms with Crippen LogP contribution >= 0.6 is 11.8 Å². The van der Waals surface area contributed by atoms with Gasteiger partial charge in [0.05, 0.1) is 5.75 Å². The fourth-order valence-corrected chi connectivity index (χ4v) is 2.34. The third-order valence-electron chi connectivity index (χ3n) is 2.64. The van der Waals surface area contributed by atoms with Crippen molar-refractivity contribution in [1.29, 1.82) is 0 Å². The van der Waals surface area contributed by atoms with Crippen molar-refractivity contribution >= 4 is 29.2 Å². The second-order valence-corrected chi connectivity index (χ2v) is 5.46. The Labute approximate surface area is 126 Å². The fourth-order valence-electron chi connectivity index (χ4n) is 1.63. The van der Waals surface area contributed by atoms with E-state index in [0.29, 0.717) is 22.2 Å². The van der Waals surface area contributed by atoms with Crippen molar-refractivity contribution in [3.63, 3.8) is 0 Å². The first-order valence-electron chi connectivity index (χ1n) is 6.24. The first-order valence-corrected chi connectivity index (χ1v) is 7.22. The number of hydrogen-bond acceptors (Lipinski definition) is 5. The van der Waals surface area contributed by atoms with Crippen molar-refractivity contribution in [2.45, 2.75) is 19.0 Å². The highest BCUT2D eigenvalue weighted by molar-refractivity contribution is 7.99. The summed E-state index contributed by atoms with van der Waals surface area (Å²) in [5.41, 5.74) is 7.31. The molecular formula is C14H15FN4OS. The van der Waals surface area contributed by atoms with Crippen molar-refractivity contribution in [1.82, 2.24) is 9.97 Å². The lowest BCUT2D eigenvalue weighted by atomic mass is 10.2. The smallest absolute Gasteiger partial charge is 0.234 e. The van der Waals surface area contributed by atoms with Gasteiger partial charge in [-0.1, -0.05) is 17.8 Å². The largest absolute Gasteiger partial charge is 0.384 e. The van der Waals surface area contributed by atoms with E-state index in [4.69, 9.17) is 5.73 Å². The van der Waals surface area contributed by atoms with Gasteiger partial charge < -0.3 is 11.1 Å². The zero-order valence-corrected chi connectivity index (χ0v) is 12.5. The summed E-state index contributed by atoms with van der Waals surface area (Å²) in [5, 5.41) is 3.07. The summed E-state index contributed by atoms with van der Waals surface area (Å²) in [4.78, 5) is 20.0. The van der Waals surface area contributed by atoms with E-state index in [1.165, 1.54) is 17.8 Å². The van der Waals surface area contributed by atoms with Gasteiger partial charge in [0.25, 0.3) is 0 Å². The topological polar surface area (TPSA) is 80.9 Å². The molecule has 110 valence electrons. The van der Waals surface area contributed by atoms with Crippen LogP contribution in [0.5, 0.6) is 0 Å².